The van der Waals surface area contributed by atoms with Crippen molar-refractivity contribution in [2.45, 2.75) is 38.8 Å². The summed E-state index contributed by atoms with van der Waals surface area (Å²) in [5.74, 6) is -0.192. The predicted octanol–water partition coefficient (Wildman–Crippen LogP) is 4.05. The van der Waals surface area contributed by atoms with Crippen LogP contribution < -0.4 is 5.32 Å². The highest BCUT2D eigenvalue weighted by atomic mass is 79.9. The predicted molar refractivity (Wildman–Crippen MR) is 76.2 cm³/mol. The van der Waals surface area contributed by atoms with Crippen molar-refractivity contribution >= 4 is 15.9 Å². The first-order valence-electron chi connectivity index (χ1n) is 6.35. The fourth-order valence-corrected chi connectivity index (χ4v) is 2.41. The van der Waals surface area contributed by atoms with Gasteiger partial charge in [-0.15, -0.1) is 0 Å². The van der Waals surface area contributed by atoms with Crippen molar-refractivity contribution in [3.8, 4) is 0 Å². The zero-order chi connectivity index (χ0) is 13.5. The Balaban J connectivity index is 3.03. The van der Waals surface area contributed by atoms with Gasteiger partial charge in [0.05, 0.1) is 12.1 Å². The van der Waals surface area contributed by atoms with Gasteiger partial charge in [-0.3, -0.25) is 0 Å². The summed E-state index contributed by atoms with van der Waals surface area (Å²) in [6, 6.07) is 4.91. The van der Waals surface area contributed by atoms with Gasteiger partial charge in [-0.2, -0.15) is 0 Å². The van der Waals surface area contributed by atoms with Crippen molar-refractivity contribution in [3.05, 3.63) is 34.1 Å². The number of hydrogen-bond acceptors (Lipinski definition) is 2. The van der Waals surface area contributed by atoms with Crippen molar-refractivity contribution in [1.82, 2.24) is 5.32 Å². The maximum Gasteiger partial charge on any atom is 0.128 e. The van der Waals surface area contributed by atoms with Crippen LogP contribution in [0.3, 0.4) is 0 Å². The molecule has 1 N–H and O–H groups in total. The van der Waals surface area contributed by atoms with E-state index in [-0.39, 0.29) is 18.0 Å². The summed E-state index contributed by atoms with van der Waals surface area (Å²) in [6.07, 6.45) is 1.82. The molecule has 0 aromatic heterocycles. The quantitative estimate of drug-likeness (QED) is 0.819. The van der Waals surface area contributed by atoms with Crippen molar-refractivity contribution in [1.29, 1.82) is 0 Å². The molecule has 18 heavy (non-hydrogen) atoms. The monoisotopic (exact) mass is 317 g/mol. The molecule has 0 amide bonds. The summed E-state index contributed by atoms with van der Waals surface area (Å²) in [5, 5.41) is 3.37. The van der Waals surface area contributed by atoms with E-state index in [1.807, 2.05) is 13.0 Å². The second-order valence-electron chi connectivity index (χ2n) is 4.28. The van der Waals surface area contributed by atoms with E-state index in [9.17, 15) is 4.39 Å². The van der Waals surface area contributed by atoms with Crippen LogP contribution in [0.4, 0.5) is 4.39 Å². The van der Waals surface area contributed by atoms with Gasteiger partial charge < -0.3 is 10.1 Å². The van der Waals surface area contributed by atoms with Gasteiger partial charge in [-0.25, -0.2) is 4.39 Å². The van der Waals surface area contributed by atoms with Gasteiger partial charge in [0.2, 0.25) is 0 Å². The largest absolute Gasteiger partial charge is 0.379 e. The second kappa shape index (κ2) is 7.87. The number of hydrogen-bond donors (Lipinski definition) is 1. The van der Waals surface area contributed by atoms with E-state index < -0.39 is 0 Å². The van der Waals surface area contributed by atoms with Crippen LogP contribution in [0.5, 0.6) is 0 Å². The molecule has 0 bridgehead atoms. The number of rotatable bonds is 7. The normalized spacial score (nSPS) is 14.5. The average Bonchev–Trinajstić information content (AvgIpc) is 2.38. The van der Waals surface area contributed by atoms with Crippen LogP contribution in [0.1, 0.15) is 38.3 Å². The molecule has 2 unspecified atom stereocenters. The molecule has 0 aliphatic rings. The number of halogens is 2. The molecule has 1 aromatic rings. The third kappa shape index (κ3) is 4.04. The molecule has 4 heteroatoms. The fraction of sp³-hybridized carbons (Fsp3) is 0.571. The first-order valence-corrected chi connectivity index (χ1v) is 7.14. The zero-order valence-electron chi connectivity index (χ0n) is 11.2. The Kier molecular flexibility index (Phi) is 6.82. The fourth-order valence-electron chi connectivity index (χ4n) is 2.03. The van der Waals surface area contributed by atoms with Gasteiger partial charge in [-0.05, 0) is 37.6 Å². The molecule has 0 aliphatic heterocycles. The molecule has 0 spiro atoms. The lowest BCUT2D eigenvalue weighted by Gasteiger charge is -2.27. The molecular formula is C14H21BrFNO. The van der Waals surface area contributed by atoms with Crippen LogP contribution in [-0.2, 0) is 4.74 Å². The Labute approximate surface area is 117 Å². The van der Waals surface area contributed by atoms with Crippen LogP contribution in [0.15, 0.2) is 22.7 Å². The Hall–Kier alpha value is -0.450. The maximum absolute atomic E-state index is 14.0. The van der Waals surface area contributed by atoms with Crippen LogP contribution in [0.25, 0.3) is 0 Å². The summed E-state index contributed by atoms with van der Waals surface area (Å²) in [4.78, 5) is 0. The van der Waals surface area contributed by atoms with E-state index >= 15 is 0 Å². The van der Waals surface area contributed by atoms with E-state index in [4.69, 9.17) is 4.74 Å². The Morgan fingerprint density at radius 2 is 2.11 bits per heavy atom. The van der Waals surface area contributed by atoms with Crippen molar-refractivity contribution in [2.75, 3.05) is 13.7 Å². The average molecular weight is 318 g/mol. The summed E-state index contributed by atoms with van der Waals surface area (Å²) in [7, 11) is 1.67. The van der Waals surface area contributed by atoms with Gasteiger partial charge in [-0.1, -0.05) is 29.8 Å². The summed E-state index contributed by atoms with van der Waals surface area (Å²) in [5.41, 5.74) is 0.659. The number of nitrogens with one attached hydrogen (secondary N) is 1. The SMILES string of the molecule is CCCNC(c1cc(Br)ccc1F)C(CC)OC. The molecule has 0 saturated heterocycles. The topological polar surface area (TPSA) is 21.3 Å². The number of benzene rings is 1. The number of methoxy groups -OCH3 is 1. The minimum absolute atomic E-state index is 0.0275. The van der Waals surface area contributed by atoms with Crippen molar-refractivity contribution in [3.63, 3.8) is 0 Å². The molecular weight excluding hydrogens is 297 g/mol. The minimum Gasteiger partial charge on any atom is -0.379 e. The van der Waals surface area contributed by atoms with E-state index in [1.54, 1.807) is 13.2 Å². The Bertz CT molecular complexity index is 369. The molecule has 2 nitrogen and oxygen atoms in total. The highest BCUT2D eigenvalue weighted by molar-refractivity contribution is 9.10. The zero-order valence-corrected chi connectivity index (χ0v) is 12.8. The molecule has 0 aliphatic carbocycles. The van der Waals surface area contributed by atoms with Crippen LogP contribution in [0.2, 0.25) is 0 Å². The Morgan fingerprint density at radius 3 is 2.67 bits per heavy atom. The Morgan fingerprint density at radius 1 is 1.39 bits per heavy atom. The first kappa shape index (κ1) is 15.6. The smallest absolute Gasteiger partial charge is 0.128 e. The maximum atomic E-state index is 14.0. The highest BCUT2D eigenvalue weighted by Crippen LogP contribution is 2.26. The molecule has 1 aromatic carbocycles. The van der Waals surface area contributed by atoms with E-state index in [0.717, 1.165) is 23.9 Å². The lowest BCUT2D eigenvalue weighted by atomic mass is 9.98. The summed E-state index contributed by atoms with van der Waals surface area (Å²) < 4.78 is 20.3. The third-order valence-corrected chi connectivity index (χ3v) is 3.48. The standard InChI is InChI=1S/C14H21BrFNO/c1-4-8-17-14(13(5-2)18-3)11-9-10(15)6-7-12(11)16/h6-7,9,13-14,17H,4-5,8H2,1-3H3. The van der Waals surface area contributed by atoms with Crippen molar-refractivity contribution < 1.29 is 9.13 Å². The summed E-state index contributed by atoms with van der Waals surface area (Å²) in [6.45, 7) is 4.98. The van der Waals surface area contributed by atoms with Crippen LogP contribution in [-0.4, -0.2) is 19.8 Å². The highest BCUT2D eigenvalue weighted by Gasteiger charge is 2.23. The van der Waals surface area contributed by atoms with Gasteiger partial charge in [0.1, 0.15) is 5.82 Å². The molecule has 0 radical (unpaired) electrons. The molecule has 0 saturated carbocycles. The molecule has 2 atom stereocenters. The lowest BCUT2D eigenvalue weighted by Crippen LogP contribution is -2.34. The van der Waals surface area contributed by atoms with Gasteiger partial charge in [0, 0.05) is 17.1 Å². The minimum atomic E-state index is -0.192. The van der Waals surface area contributed by atoms with E-state index in [1.165, 1.54) is 6.07 Å². The van der Waals surface area contributed by atoms with Gasteiger partial charge in [0.15, 0.2) is 0 Å². The number of ether oxygens (including phenoxy) is 1. The molecule has 0 heterocycles. The second-order valence-corrected chi connectivity index (χ2v) is 5.20. The van der Waals surface area contributed by atoms with Crippen molar-refractivity contribution in [2.24, 2.45) is 0 Å². The molecule has 1 rings (SSSR count). The van der Waals surface area contributed by atoms with Gasteiger partial charge >= 0.3 is 0 Å². The van der Waals surface area contributed by atoms with Crippen LogP contribution >= 0.6 is 15.9 Å². The van der Waals surface area contributed by atoms with E-state index in [0.29, 0.717) is 5.56 Å². The van der Waals surface area contributed by atoms with Crippen LogP contribution in [0, 0.1) is 5.82 Å². The van der Waals surface area contributed by atoms with E-state index in [2.05, 4.69) is 28.2 Å². The summed E-state index contributed by atoms with van der Waals surface area (Å²) >= 11 is 3.39. The molecule has 102 valence electrons. The molecule has 0 fully saturated rings. The first-order chi connectivity index (χ1) is 8.63. The third-order valence-electron chi connectivity index (χ3n) is 2.98. The lowest BCUT2D eigenvalue weighted by molar-refractivity contribution is 0.0639. The van der Waals surface area contributed by atoms with Gasteiger partial charge in [0.25, 0.3) is 0 Å².